The third-order valence-corrected chi connectivity index (χ3v) is 6.75. The minimum atomic E-state index is -0.629. The smallest absolute Gasteiger partial charge is 0.295 e. The van der Waals surface area contributed by atoms with E-state index in [9.17, 15) is 14.7 Å². The highest BCUT2D eigenvalue weighted by Gasteiger charge is 2.49. The number of likely N-dealkylation sites (tertiary alicyclic amines) is 1. The number of Topliss-reactive ketones (excluding diaryl/α,β-unsaturated/α-hetero) is 1. The fourth-order valence-electron chi connectivity index (χ4n) is 5.13. The lowest BCUT2D eigenvalue weighted by Crippen LogP contribution is -2.40. The number of ether oxygens (including phenoxy) is 2. The molecule has 3 aliphatic rings. The molecular formula is C26H27NO5. The van der Waals surface area contributed by atoms with Crippen molar-refractivity contribution in [3.8, 4) is 11.5 Å². The third-order valence-electron chi connectivity index (χ3n) is 6.75. The third kappa shape index (κ3) is 3.44. The van der Waals surface area contributed by atoms with E-state index in [1.807, 2.05) is 31.2 Å². The van der Waals surface area contributed by atoms with Crippen LogP contribution in [0, 0.1) is 6.92 Å². The number of rotatable bonds is 3. The highest BCUT2D eigenvalue weighted by molar-refractivity contribution is 6.46. The van der Waals surface area contributed by atoms with E-state index in [1.54, 1.807) is 23.1 Å². The SMILES string of the molecule is Cc1ccccc1C1/C(=C(\O)c2ccc3c(c2)OCCO3)C(=O)C(=O)N1C1CCCCC1. The number of amides is 1. The van der Waals surface area contributed by atoms with Crippen molar-refractivity contribution in [1.29, 1.82) is 0 Å². The van der Waals surface area contributed by atoms with Gasteiger partial charge in [-0.3, -0.25) is 9.59 Å². The molecule has 0 bridgehead atoms. The molecule has 0 radical (unpaired) electrons. The second kappa shape index (κ2) is 8.34. The van der Waals surface area contributed by atoms with Crippen molar-refractivity contribution >= 4 is 17.4 Å². The number of nitrogens with zero attached hydrogens (tertiary/aromatic N) is 1. The molecule has 1 aliphatic carbocycles. The Hall–Kier alpha value is -3.28. The number of carbonyl (C=O) groups excluding carboxylic acids is 2. The Morgan fingerprint density at radius 2 is 1.69 bits per heavy atom. The van der Waals surface area contributed by atoms with Crippen molar-refractivity contribution in [2.45, 2.75) is 51.1 Å². The minimum absolute atomic E-state index is 0.00428. The summed E-state index contributed by atoms with van der Waals surface area (Å²) < 4.78 is 11.2. The highest BCUT2D eigenvalue weighted by atomic mass is 16.6. The molecule has 1 atom stereocenters. The van der Waals surface area contributed by atoms with E-state index >= 15 is 0 Å². The number of carbonyl (C=O) groups is 2. The summed E-state index contributed by atoms with van der Waals surface area (Å²) in [5.74, 6) is -0.201. The zero-order chi connectivity index (χ0) is 22.2. The lowest BCUT2D eigenvalue weighted by atomic mass is 9.89. The lowest BCUT2D eigenvalue weighted by molar-refractivity contribution is -0.141. The topological polar surface area (TPSA) is 76.1 Å². The second-order valence-electron chi connectivity index (χ2n) is 8.71. The monoisotopic (exact) mass is 433 g/mol. The molecule has 6 nitrogen and oxygen atoms in total. The minimum Gasteiger partial charge on any atom is -0.507 e. The van der Waals surface area contributed by atoms with E-state index in [1.165, 1.54) is 0 Å². The summed E-state index contributed by atoms with van der Waals surface area (Å²) in [6.07, 6.45) is 4.97. The van der Waals surface area contributed by atoms with Gasteiger partial charge >= 0.3 is 0 Å². The van der Waals surface area contributed by atoms with Gasteiger partial charge in [-0.1, -0.05) is 43.5 Å². The molecule has 5 rings (SSSR count). The summed E-state index contributed by atoms with van der Waals surface area (Å²) >= 11 is 0. The Balaban J connectivity index is 1.65. The van der Waals surface area contributed by atoms with Crippen LogP contribution in [0.25, 0.3) is 5.76 Å². The van der Waals surface area contributed by atoms with E-state index in [0.29, 0.717) is 30.3 Å². The first-order valence-electron chi connectivity index (χ1n) is 11.3. The normalized spacial score (nSPS) is 22.9. The highest BCUT2D eigenvalue weighted by Crippen LogP contribution is 2.44. The molecule has 0 spiro atoms. The number of hydrogen-bond donors (Lipinski definition) is 1. The predicted molar refractivity (Wildman–Crippen MR) is 120 cm³/mol. The number of fused-ring (bicyclic) bond motifs is 1. The summed E-state index contributed by atoms with van der Waals surface area (Å²) in [5, 5.41) is 11.3. The number of aryl methyl sites for hydroxylation is 1. The molecule has 2 fully saturated rings. The van der Waals surface area contributed by atoms with Gasteiger partial charge in [0.2, 0.25) is 0 Å². The number of benzene rings is 2. The van der Waals surface area contributed by atoms with Gasteiger partial charge in [-0.2, -0.15) is 0 Å². The molecule has 0 aromatic heterocycles. The van der Waals surface area contributed by atoms with Crippen LogP contribution in [0.3, 0.4) is 0 Å². The van der Waals surface area contributed by atoms with Crippen LogP contribution in [0.15, 0.2) is 48.0 Å². The number of ketones is 1. The van der Waals surface area contributed by atoms with Crippen molar-refractivity contribution < 1.29 is 24.2 Å². The Bertz CT molecular complexity index is 1100. The standard InChI is InChI=1S/C26H27NO5/c1-16-7-5-6-10-19(16)23-22(25(29)26(30)27(23)18-8-3-2-4-9-18)24(28)17-11-12-20-21(15-17)32-14-13-31-20/h5-7,10-12,15,18,23,28H,2-4,8-9,13-14H2,1H3/b24-22+. The van der Waals surface area contributed by atoms with Crippen molar-refractivity contribution in [1.82, 2.24) is 4.90 Å². The predicted octanol–water partition coefficient (Wildman–Crippen LogP) is 4.52. The average Bonchev–Trinajstić information content (AvgIpc) is 3.09. The fraction of sp³-hybridized carbons (Fsp3) is 0.385. The number of aliphatic hydroxyl groups excluding tert-OH is 1. The molecule has 2 aliphatic heterocycles. The van der Waals surface area contributed by atoms with Crippen molar-refractivity contribution in [3.05, 3.63) is 64.7 Å². The molecule has 2 heterocycles. The maximum atomic E-state index is 13.3. The van der Waals surface area contributed by atoms with Crippen molar-refractivity contribution in [2.24, 2.45) is 0 Å². The summed E-state index contributed by atoms with van der Waals surface area (Å²) in [6, 6.07) is 12.3. The first kappa shape index (κ1) is 20.6. The van der Waals surface area contributed by atoms with Gasteiger partial charge in [-0.15, -0.1) is 0 Å². The number of hydrogen-bond acceptors (Lipinski definition) is 5. The van der Waals surface area contributed by atoms with Crippen LogP contribution in [0.5, 0.6) is 11.5 Å². The molecule has 2 aromatic rings. The van der Waals surface area contributed by atoms with Crippen LogP contribution in [-0.4, -0.2) is 41.0 Å². The van der Waals surface area contributed by atoms with Gasteiger partial charge in [0.25, 0.3) is 11.7 Å². The van der Waals surface area contributed by atoms with Crippen LogP contribution in [0.1, 0.15) is 54.8 Å². The van der Waals surface area contributed by atoms with Gasteiger partial charge in [0.05, 0.1) is 11.6 Å². The first-order chi connectivity index (χ1) is 15.6. The molecule has 32 heavy (non-hydrogen) atoms. The maximum Gasteiger partial charge on any atom is 0.295 e. The Kier molecular flexibility index (Phi) is 5.37. The van der Waals surface area contributed by atoms with Crippen LogP contribution in [0.2, 0.25) is 0 Å². The first-order valence-corrected chi connectivity index (χ1v) is 11.3. The zero-order valence-corrected chi connectivity index (χ0v) is 18.2. The lowest BCUT2D eigenvalue weighted by Gasteiger charge is -2.36. The van der Waals surface area contributed by atoms with Gasteiger partial charge in [0.15, 0.2) is 11.5 Å². The second-order valence-corrected chi connectivity index (χ2v) is 8.71. The van der Waals surface area contributed by atoms with Crippen LogP contribution in [-0.2, 0) is 9.59 Å². The summed E-state index contributed by atoms with van der Waals surface area (Å²) in [4.78, 5) is 28.3. The molecule has 1 unspecified atom stereocenters. The van der Waals surface area contributed by atoms with E-state index in [4.69, 9.17) is 9.47 Å². The molecular weight excluding hydrogens is 406 g/mol. The molecule has 6 heteroatoms. The van der Waals surface area contributed by atoms with Crippen LogP contribution >= 0.6 is 0 Å². The van der Waals surface area contributed by atoms with Gasteiger partial charge in [0, 0.05) is 11.6 Å². The van der Waals surface area contributed by atoms with Crippen LogP contribution in [0.4, 0.5) is 0 Å². The van der Waals surface area contributed by atoms with Gasteiger partial charge in [0.1, 0.15) is 19.0 Å². The Morgan fingerprint density at radius 3 is 2.44 bits per heavy atom. The molecule has 1 amide bonds. The molecule has 1 N–H and O–H groups in total. The average molecular weight is 434 g/mol. The van der Waals surface area contributed by atoms with E-state index < -0.39 is 17.7 Å². The van der Waals surface area contributed by atoms with Gasteiger partial charge < -0.3 is 19.5 Å². The Morgan fingerprint density at radius 1 is 0.969 bits per heavy atom. The maximum absolute atomic E-state index is 13.3. The van der Waals surface area contributed by atoms with E-state index in [0.717, 1.165) is 43.2 Å². The van der Waals surface area contributed by atoms with Crippen molar-refractivity contribution in [3.63, 3.8) is 0 Å². The van der Waals surface area contributed by atoms with Gasteiger partial charge in [-0.25, -0.2) is 0 Å². The molecule has 166 valence electrons. The zero-order valence-electron chi connectivity index (χ0n) is 18.2. The van der Waals surface area contributed by atoms with Crippen molar-refractivity contribution in [2.75, 3.05) is 13.2 Å². The Labute approximate surface area is 187 Å². The summed E-state index contributed by atoms with van der Waals surface area (Å²) in [5.41, 5.74) is 2.44. The molecule has 2 aromatic carbocycles. The summed E-state index contributed by atoms with van der Waals surface area (Å²) in [6.45, 7) is 2.87. The van der Waals surface area contributed by atoms with E-state index in [2.05, 4.69) is 0 Å². The largest absolute Gasteiger partial charge is 0.507 e. The fourth-order valence-corrected chi connectivity index (χ4v) is 5.13. The van der Waals surface area contributed by atoms with Crippen LogP contribution < -0.4 is 9.47 Å². The molecule has 1 saturated carbocycles. The molecule has 1 saturated heterocycles. The van der Waals surface area contributed by atoms with Gasteiger partial charge in [-0.05, 0) is 49.1 Å². The number of aliphatic hydroxyl groups is 1. The van der Waals surface area contributed by atoms with E-state index in [-0.39, 0.29) is 17.4 Å². The summed E-state index contributed by atoms with van der Waals surface area (Å²) in [7, 11) is 0. The quantitative estimate of drug-likeness (QED) is 0.438.